The highest BCUT2D eigenvalue weighted by Crippen LogP contribution is 2.30. The van der Waals surface area contributed by atoms with Gasteiger partial charge in [-0.3, -0.25) is 0 Å². The Hall–Kier alpha value is -1.26. The number of aliphatic hydroxyl groups is 1. The van der Waals surface area contributed by atoms with Gasteiger partial charge in [-0.25, -0.2) is 0 Å². The minimum atomic E-state index is -0.253. The molecular formula is C14H21NO3. The first kappa shape index (κ1) is 13.2. The molecule has 1 aromatic carbocycles. The molecule has 0 amide bonds. The van der Waals surface area contributed by atoms with Gasteiger partial charge in [-0.05, 0) is 32.5 Å². The third-order valence-corrected chi connectivity index (χ3v) is 3.01. The minimum absolute atomic E-state index is 0.0545. The summed E-state index contributed by atoms with van der Waals surface area (Å²) in [4.78, 5) is 2.16. The summed E-state index contributed by atoms with van der Waals surface area (Å²) >= 11 is 0. The summed E-state index contributed by atoms with van der Waals surface area (Å²) in [7, 11) is 2.03. The van der Waals surface area contributed by atoms with E-state index in [1.807, 2.05) is 38.2 Å². The first-order valence-corrected chi connectivity index (χ1v) is 6.40. The lowest BCUT2D eigenvalue weighted by Gasteiger charge is -2.29. The molecule has 0 fully saturated rings. The fourth-order valence-corrected chi connectivity index (χ4v) is 2.00. The fraction of sp³-hybridized carbons (Fsp3) is 0.571. The van der Waals surface area contributed by atoms with Gasteiger partial charge in [-0.1, -0.05) is 12.1 Å². The molecule has 2 unspecified atom stereocenters. The van der Waals surface area contributed by atoms with Crippen LogP contribution in [0.15, 0.2) is 24.3 Å². The van der Waals surface area contributed by atoms with Gasteiger partial charge in [0, 0.05) is 13.1 Å². The average Bonchev–Trinajstić information content (AvgIpc) is 2.36. The zero-order valence-electron chi connectivity index (χ0n) is 11.0. The van der Waals surface area contributed by atoms with Crippen LogP contribution < -0.4 is 9.47 Å². The van der Waals surface area contributed by atoms with E-state index in [0.29, 0.717) is 6.61 Å². The Labute approximate surface area is 108 Å². The second-order valence-corrected chi connectivity index (χ2v) is 4.90. The topological polar surface area (TPSA) is 41.9 Å². The number of fused-ring (bicyclic) bond motifs is 1. The van der Waals surface area contributed by atoms with Crippen molar-refractivity contribution < 1.29 is 14.6 Å². The van der Waals surface area contributed by atoms with E-state index in [2.05, 4.69) is 4.90 Å². The lowest BCUT2D eigenvalue weighted by molar-refractivity contribution is 0.0613. The van der Waals surface area contributed by atoms with E-state index < -0.39 is 0 Å². The average molecular weight is 251 g/mol. The van der Waals surface area contributed by atoms with E-state index >= 15 is 0 Å². The van der Waals surface area contributed by atoms with Gasteiger partial charge in [0.2, 0.25) is 0 Å². The molecule has 1 aliphatic rings. The van der Waals surface area contributed by atoms with Crippen molar-refractivity contribution in [1.29, 1.82) is 0 Å². The van der Waals surface area contributed by atoms with Crippen LogP contribution in [0.2, 0.25) is 0 Å². The van der Waals surface area contributed by atoms with Crippen molar-refractivity contribution >= 4 is 0 Å². The summed E-state index contributed by atoms with van der Waals surface area (Å²) in [5.74, 6) is 1.64. The zero-order chi connectivity index (χ0) is 13.0. The van der Waals surface area contributed by atoms with Crippen LogP contribution in [-0.4, -0.2) is 49.0 Å². The van der Waals surface area contributed by atoms with Crippen molar-refractivity contribution in [2.75, 3.05) is 26.7 Å². The second kappa shape index (κ2) is 6.07. The number of benzene rings is 1. The van der Waals surface area contributed by atoms with E-state index in [9.17, 15) is 5.11 Å². The van der Waals surface area contributed by atoms with Crippen molar-refractivity contribution in [3.05, 3.63) is 24.3 Å². The van der Waals surface area contributed by atoms with Crippen molar-refractivity contribution in [1.82, 2.24) is 4.90 Å². The summed E-state index contributed by atoms with van der Waals surface area (Å²) in [5.41, 5.74) is 0. The Bertz CT molecular complexity index is 381. The van der Waals surface area contributed by atoms with Gasteiger partial charge in [0.05, 0.1) is 6.10 Å². The minimum Gasteiger partial charge on any atom is -0.486 e. The largest absolute Gasteiger partial charge is 0.486 e. The Morgan fingerprint density at radius 2 is 2.11 bits per heavy atom. The lowest BCUT2D eigenvalue weighted by Crippen LogP contribution is -2.40. The van der Waals surface area contributed by atoms with Crippen molar-refractivity contribution in [2.24, 2.45) is 0 Å². The molecule has 2 rings (SSSR count). The van der Waals surface area contributed by atoms with Crippen molar-refractivity contribution in [3.8, 4) is 11.5 Å². The maximum Gasteiger partial charge on any atom is 0.161 e. The fourth-order valence-electron chi connectivity index (χ4n) is 2.00. The van der Waals surface area contributed by atoms with Gasteiger partial charge in [0.1, 0.15) is 12.7 Å². The SMILES string of the molecule is CC(O)CCN(C)CC1COc2ccccc2O1. The third kappa shape index (κ3) is 3.62. The quantitative estimate of drug-likeness (QED) is 0.861. The van der Waals surface area contributed by atoms with Crippen molar-refractivity contribution in [2.45, 2.75) is 25.6 Å². The number of likely N-dealkylation sites (N-methyl/N-ethyl adjacent to an activating group) is 1. The number of rotatable bonds is 5. The predicted molar refractivity (Wildman–Crippen MR) is 70.1 cm³/mol. The maximum absolute atomic E-state index is 9.25. The van der Waals surface area contributed by atoms with E-state index in [1.54, 1.807) is 0 Å². The van der Waals surface area contributed by atoms with Crippen LogP contribution in [0.5, 0.6) is 11.5 Å². The molecule has 1 heterocycles. The van der Waals surface area contributed by atoms with Gasteiger partial charge in [0.25, 0.3) is 0 Å². The molecule has 18 heavy (non-hydrogen) atoms. The molecule has 0 saturated heterocycles. The van der Waals surface area contributed by atoms with E-state index in [0.717, 1.165) is 31.0 Å². The molecule has 100 valence electrons. The highest BCUT2D eigenvalue weighted by Gasteiger charge is 2.21. The summed E-state index contributed by atoms with van der Waals surface area (Å²) < 4.78 is 11.5. The Kier molecular flexibility index (Phi) is 4.44. The summed E-state index contributed by atoms with van der Waals surface area (Å²) in [6.45, 7) is 4.06. The molecule has 2 atom stereocenters. The monoisotopic (exact) mass is 251 g/mol. The van der Waals surface area contributed by atoms with Crippen LogP contribution in [0, 0.1) is 0 Å². The van der Waals surface area contributed by atoms with Crippen LogP contribution in [0.3, 0.4) is 0 Å². The molecule has 0 spiro atoms. The molecular weight excluding hydrogens is 230 g/mol. The number of aliphatic hydroxyl groups excluding tert-OH is 1. The molecule has 0 saturated carbocycles. The number of para-hydroxylation sites is 2. The van der Waals surface area contributed by atoms with Gasteiger partial charge in [-0.2, -0.15) is 0 Å². The Balaban J connectivity index is 1.82. The molecule has 1 aliphatic heterocycles. The standard InChI is InChI=1S/C14H21NO3/c1-11(16)7-8-15(2)9-12-10-17-13-5-3-4-6-14(13)18-12/h3-6,11-12,16H,7-10H2,1-2H3. The van der Waals surface area contributed by atoms with Crippen LogP contribution in [0.25, 0.3) is 0 Å². The van der Waals surface area contributed by atoms with Crippen LogP contribution >= 0.6 is 0 Å². The van der Waals surface area contributed by atoms with Crippen molar-refractivity contribution in [3.63, 3.8) is 0 Å². The number of ether oxygens (including phenoxy) is 2. The van der Waals surface area contributed by atoms with Crippen LogP contribution in [0.4, 0.5) is 0 Å². The summed E-state index contributed by atoms with van der Waals surface area (Å²) in [6.07, 6.45) is 0.580. The van der Waals surface area contributed by atoms with E-state index in [-0.39, 0.29) is 12.2 Å². The second-order valence-electron chi connectivity index (χ2n) is 4.90. The van der Waals surface area contributed by atoms with Gasteiger partial charge in [0.15, 0.2) is 11.5 Å². The third-order valence-electron chi connectivity index (χ3n) is 3.01. The molecule has 0 radical (unpaired) electrons. The highest BCUT2D eigenvalue weighted by molar-refractivity contribution is 5.40. The normalized spacial score (nSPS) is 19.9. The van der Waals surface area contributed by atoms with E-state index in [4.69, 9.17) is 9.47 Å². The number of nitrogens with zero attached hydrogens (tertiary/aromatic N) is 1. The first-order chi connectivity index (χ1) is 8.65. The zero-order valence-corrected chi connectivity index (χ0v) is 11.0. The molecule has 0 bridgehead atoms. The van der Waals surface area contributed by atoms with Gasteiger partial charge < -0.3 is 19.5 Å². The first-order valence-electron chi connectivity index (χ1n) is 6.40. The summed E-state index contributed by atoms with van der Waals surface area (Å²) in [5, 5.41) is 9.25. The van der Waals surface area contributed by atoms with Gasteiger partial charge >= 0.3 is 0 Å². The molecule has 0 aliphatic carbocycles. The van der Waals surface area contributed by atoms with E-state index in [1.165, 1.54) is 0 Å². The highest BCUT2D eigenvalue weighted by atomic mass is 16.6. The van der Waals surface area contributed by atoms with Crippen LogP contribution in [-0.2, 0) is 0 Å². The lowest BCUT2D eigenvalue weighted by atomic mass is 10.2. The number of hydrogen-bond acceptors (Lipinski definition) is 4. The van der Waals surface area contributed by atoms with Gasteiger partial charge in [-0.15, -0.1) is 0 Å². The summed E-state index contributed by atoms with van der Waals surface area (Å²) in [6, 6.07) is 7.74. The molecule has 4 nitrogen and oxygen atoms in total. The smallest absolute Gasteiger partial charge is 0.161 e. The molecule has 0 aromatic heterocycles. The maximum atomic E-state index is 9.25. The predicted octanol–water partition coefficient (Wildman–Crippen LogP) is 1.53. The molecule has 1 aromatic rings. The molecule has 4 heteroatoms. The number of hydrogen-bond donors (Lipinski definition) is 1. The Morgan fingerprint density at radius 1 is 1.39 bits per heavy atom. The Morgan fingerprint density at radius 3 is 2.83 bits per heavy atom. The van der Waals surface area contributed by atoms with Crippen LogP contribution in [0.1, 0.15) is 13.3 Å². The molecule has 1 N–H and O–H groups in total.